The van der Waals surface area contributed by atoms with Crippen LogP contribution < -0.4 is 18.9 Å². The van der Waals surface area contributed by atoms with Gasteiger partial charge in [-0.05, 0) is 0 Å². The van der Waals surface area contributed by atoms with Crippen molar-refractivity contribution < 1.29 is 50.7 Å². The Morgan fingerprint density at radius 3 is 0.700 bits per heavy atom. The molecule has 56 valence electrons. The predicted molar refractivity (Wildman–Crippen MR) is 57.4 cm³/mol. The Hall–Kier alpha value is 4.69. The summed E-state index contributed by atoms with van der Waals surface area (Å²) in [5, 5.41) is 0. The Morgan fingerprint density at radius 2 is 0.700 bits per heavy atom. The molecule has 0 aromatic carbocycles. The summed E-state index contributed by atoms with van der Waals surface area (Å²) >= 11 is -3.11. The minimum Gasteiger partial charge on any atom is 1.00 e. The molecule has 0 amide bonds. The molecule has 0 aromatic rings. The molecule has 10 heavy (non-hydrogen) atoms. The first kappa shape index (κ1) is 36.5. The molecular formula is H12Al3Cl4LiTiZn. The normalized spacial score (nSPS) is 6.00. The minimum absolute atomic E-state index is 0. The van der Waals surface area contributed by atoms with Crippen molar-refractivity contribution in [2.75, 3.05) is 0 Å². The second-order valence-electron chi connectivity index (χ2n) is 0.429. The van der Waals surface area contributed by atoms with Crippen molar-refractivity contribution in [1.82, 2.24) is 0 Å². The molecule has 0 unspecified atom stereocenters. The molecule has 0 saturated heterocycles. The molecule has 0 aliphatic heterocycles. The SMILES string of the molecule is [AlH4-].[AlH4-].[AlH4-].[Cl][Ti]([Cl])([Cl])[Cl].[Li+].[Zn+2]. The molecule has 10 heteroatoms. The summed E-state index contributed by atoms with van der Waals surface area (Å²) in [5.74, 6) is 0. The third kappa shape index (κ3) is 78.8. The van der Waals surface area contributed by atoms with Crippen LogP contribution in [0.3, 0.4) is 0 Å². The van der Waals surface area contributed by atoms with Crippen LogP contribution in [-0.2, 0) is 31.8 Å². The Kier molecular flexibility index (Phi) is 70.3. The van der Waals surface area contributed by atoms with E-state index >= 15 is 0 Å². The van der Waals surface area contributed by atoms with Gasteiger partial charge in [-0.3, -0.25) is 0 Å². The summed E-state index contributed by atoms with van der Waals surface area (Å²) in [6.07, 6.45) is 0. The Morgan fingerprint density at radius 1 is 0.700 bits per heavy atom. The Balaban J connectivity index is -0.00000000800. The molecule has 0 radical (unpaired) electrons. The van der Waals surface area contributed by atoms with E-state index in [0.29, 0.717) is 0 Å². The largest absolute Gasteiger partial charge is 2.00 e. The maximum absolute atomic E-state index is 5.01. The third-order valence-corrected chi connectivity index (χ3v) is 0. The van der Waals surface area contributed by atoms with E-state index < -0.39 is 12.3 Å². The molecular weight excluding hydrogens is 343 g/mol. The number of rotatable bonds is 0. The molecule has 0 heterocycles. The fraction of sp³-hybridized carbons (Fsp3) is 0. The third-order valence-electron chi connectivity index (χ3n) is 0. The fourth-order valence-corrected chi connectivity index (χ4v) is 0. The Bertz CT molecular complexity index is 36.0. The molecule has 0 spiro atoms. The summed E-state index contributed by atoms with van der Waals surface area (Å²) in [6.45, 7) is 0. The van der Waals surface area contributed by atoms with Crippen molar-refractivity contribution >= 4 is 89.3 Å². The second-order valence-corrected chi connectivity index (χ2v) is 15.9. The van der Waals surface area contributed by atoms with Crippen molar-refractivity contribution in [3.8, 4) is 0 Å². The molecule has 0 aromatic heterocycles. The van der Waals surface area contributed by atoms with Gasteiger partial charge in [-0.15, -0.1) is 0 Å². The molecule has 0 atom stereocenters. The minimum atomic E-state index is -3.11. The monoisotopic (exact) mass is 352 g/mol. The zero-order valence-corrected chi connectivity index (χ0v) is 11.3. The Labute approximate surface area is 137 Å². The first-order chi connectivity index (χ1) is 2.00. The molecule has 0 aliphatic rings. The van der Waals surface area contributed by atoms with Crippen molar-refractivity contribution in [2.45, 2.75) is 0 Å². The van der Waals surface area contributed by atoms with E-state index in [-0.39, 0.29) is 90.4 Å². The average Bonchev–Trinajstić information content (AvgIpc) is 0.722. The van der Waals surface area contributed by atoms with E-state index in [0.717, 1.165) is 0 Å². The molecule has 0 bridgehead atoms. The van der Waals surface area contributed by atoms with Crippen molar-refractivity contribution in [2.24, 2.45) is 0 Å². The van der Waals surface area contributed by atoms with Crippen LogP contribution in [-0.4, -0.2) is 52.1 Å². The van der Waals surface area contributed by atoms with Gasteiger partial charge < -0.3 is 0 Å². The zero-order valence-electron chi connectivity index (χ0n) is 3.72. The summed E-state index contributed by atoms with van der Waals surface area (Å²) < 4.78 is 0. The standard InChI is InChI=1S/3Al.4ClH.Li.Ti.Zn.12H/h;;;4*1H;;;;;;;;;;;;;;;/q3*-1;;;;;+1;+4;+2;;;;;;;;;;;;/p-4. The predicted octanol–water partition coefficient (Wildman–Crippen LogP) is -4.60. The molecule has 0 nitrogen and oxygen atoms in total. The van der Waals surface area contributed by atoms with Gasteiger partial charge in [-0.2, -0.15) is 0 Å². The van der Waals surface area contributed by atoms with E-state index in [2.05, 4.69) is 0 Å². The first-order valence-electron chi connectivity index (χ1n) is 0.756. The van der Waals surface area contributed by atoms with Gasteiger partial charge in [0.15, 0.2) is 0 Å². The maximum atomic E-state index is 5.01. The average molecular weight is 355 g/mol. The van der Waals surface area contributed by atoms with Crippen molar-refractivity contribution in [3.05, 3.63) is 0 Å². The van der Waals surface area contributed by atoms with Gasteiger partial charge in [0.25, 0.3) is 0 Å². The van der Waals surface area contributed by atoms with E-state index in [9.17, 15) is 0 Å². The summed E-state index contributed by atoms with van der Waals surface area (Å²) in [4.78, 5) is 0. The van der Waals surface area contributed by atoms with Crippen LogP contribution in [0.15, 0.2) is 0 Å². The van der Waals surface area contributed by atoms with E-state index in [1.807, 2.05) is 0 Å². The van der Waals surface area contributed by atoms with E-state index in [1.165, 1.54) is 0 Å². The van der Waals surface area contributed by atoms with Crippen LogP contribution in [0.5, 0.6) is 0 Å². The van der Waals surface area contributed by atoms with Gasteiger partial charge in [0.2, 0.25) is 0 Å². The van der Waals surface area contributed by atoms with Crippen molar-refractivity contribution in [3.63, 3.8) is 0 Å². The molecule has 0 fully saturated rings. The van der Waals surface area contributed by atoms with Gasteiger partial charge in [0, 0.05) is 52.1 Å². The second kappa shape index (κ2) is 19.3. The first-order valence-corrected chi connectivity index (χ1v) is 9.35. The van der Waals surface area contributed by atoms with Gasteiger partial charge >= 0.3 is 87.9 Å². The van der Waals surface area contributed by atoms with Gasteiger partial charge in [-0.1, -0.05) is 0 Å². The summed E-state index contributed by atoms with van der Waals surface area (Å²) in [6, 6.07) is 0. The van der Waals surface area contributed by atoms with Gasteiger partial charge in [0.05, 0.1) is 0 Å². The molecule has 0 saturated carbocycles. The number of hydrogen-bond donors (Lipinski definition) is 0. The quantitative estimate of drug-likeness (QED) is 0.384. The summed E-state index contributed by atoms with van der Waals surface area (Å²) in [7, 11) is 20.1. The van der Waals surface area contributed by atoms with Crippen LogP contribution in [0.25, 0.3) is 0 Å². The van der Waals surface area contributed by atoms with Crippen molar-refractivity contribution in [1.29, 1.82) is 0 Å². The maximum Gasteiger partial charge on any atom is 2.00 e. The van der Waals surface area contributed by atoms with Crippen LogP contribution in [0.2, 0.25) is 0 Å². The molecule has 0 rings (SSSR count). The van der Waals surface area contributed by atoms with Gasteiger partial charge in [0.1, 0.15) is 0 Å². The van der Waals surface area contributed by atoms with Crippen LogP contribution in [0.4, 0.5) is 0 Å². The zero-order chi connectivity index (χ0) is 4.50. The molecule has 0 N–H and O–H groups in total. The summed E-state index contributed by atoms with van der Waals surface area (Å²) in [5.41, 5.74) is 0. The van der Waals surface area contributed by atoms with E-state index in [4.69, 9.17) is 37.2 Å². The fourth-order valence-electron chi connectivity index (χ4n) is 0. The topological polar surface area (TPSA) is 0 Å². The number of halogens is 4. The van der Waals surface area contributed by atoms with Crippen LogP contribution in [0.1, 0.15) is 0 Å². The van der Waals surface area contributed by atoms with Gasteiger partial charge in [-0.25, -0.2) is 0 Å². The van der Waals surface area contributed by atoms with Crippen LogP contribution >= 0.6 is 37.2 Å². The van der Waals surface area contributed by atoms with E-state index in [1.54, 1.807) is 0 Å². The smallest absolute Gasteiger partial charge is 1.00 e. The number of hydrogen-bond acceptors (Lipinski definition) is 0. The van der Waals surface area contributed by atoms with Crippen LogP contribution in [0, 0.1) is 0 Å². The molecule has 0 aliphatic carbocycles.